The van der Waals surface area contributed by atoms with Crippen molar-refractivity contribution in [2.24, 2.45) is 5.92 Å². The molecule has 2 aliphatic rings. The minimum Gasteiger partial charge on any atom is -0.385 e. The van der Waals surface area contributed by atoms with Crippen LogP contribution < -0.4 is 0 Å². The van der Waals surface area contributed by atoms with Crippen LogP contribution in [0.4, 0.5) is 8.78 Å². The van der Waals surface area contributed by atoms with Gasteiger partial charge in [-0.3, -0.25) is 0 Å². The van der Waals surface area contributed by atoms with Gasteiger partial charge >= 0.3 is 0 Å². The average Bonchev–Trinajstić information content (AvgIpc) is 2.70. The molecule has 0 aromatic heterocycles. The zero-order valence-electron chi connectivity index (χ0n) is 16.7. The fraction of sp³-hybridized carbons (Fsp3) is 0.520. The summed E-state index contributed by atoms with van der Waals surface area (Å²) in [5.74, 6) is -0.206. The van der Waals surface area contributed by atoms with Crippen molar-refractivity contribution in [3.63, 3.8) is 0 Å². The number of halogens is 2. The highest BCUT2D eigenvalue weighted by atomic mass is 19.2. The predicted molar refractivity (Wildman–Crippen MR) is 108 cm³/mol. The number of fused-ring (bicyclic) bond motifs is 1. The molecule has 0 radical (unpaired) electrons. The average molecular weight is 385 g/mol. The van der Waals surface area contributed by atoms with E-state index < -0.39 is 17.2 Å². The van der Waals surface area contributed by atoms with E-state index in [9.17, 15) is 13.9 Å². The Labute approximate surface area is 166 Å². The molecular weight excluding hydrogens is 354 g/mol. The molecule has 1 saturated carbocycles. The summed E-state index contributed by atoms with van der Waals surface area (Å²) in [5, 5.41) is 11.1. The van der Waals surface area contributed by atoms with Crippen molar-refractivity contribution < 1.29 is 13.9 Å². The summed E-state index contributed by atoms with van der Waals surface area (Å²) in [5.41, 5.74) is 3.21. The van der Waals surface area contributed by atoms with Gasteiger partial charge < -0.3 is 5.11 Å². The van der Waals surface area contributed by atoms with Crippen molar-refractivity contribution in [2.75, 3.05) is 0 Å². The summed E-state index contributed by atoms with van der Waals surface area (Å²) >= 11 is 0. The molecule has 0 spiro atoms. The minimum atomic E-state index is -1.12. The van der Waals surface area contributed by atoms with E-state index in [0.717, 1.165) is 30.0 Å². The van der Waals surface area contributed by atoms with Crippen molar-refractivity contribution >= 4 is 0 Å². The lowest BCUT2D eigenvalue weighted by molar-refractivity contribution is 0.0218. The van der Waals surface area contributed by atoms with E-state index in [4.69, 9.17) is 0 Å². The molecule has 0 amide bonds. The lowest BCUT2D eigenvalue weighted by Gasteiger charge is -2.35. The minimum absolute atomic E-state index is 0.455. The van der Waals surface area contributed by atoms with Gasteiger partial charge in [0.25, 0.3) is 0 Å². The molecule has 2 aromatic rings. The van der Waals surface area contributed by atoms with Crippen molar-refractivity contribution in [3.05, 3.63) is 70.3 Å². The highest BCUT2D eigenvalue weighted by Crippen LogP contribution is 2.41. The quantitative estimate of drug-likeness (QED) is 0.645. The maximum atomic E-state index is 13.6. The molecule has 0 saturated heterocycles. The molecule has 2 aromatic carbocycles. The van der Waals surface area contributed by atoms with Crippen LogP contribution in [0.5, 0.6) is 0 Å². The summed E-state index contributed by atoms with van der Waals surface area (Å²) in [7, 11) is 0. The molecule has 150 valence electrons. The second-order valence-electron chi connectivity index (χ2n) is 8.87. The van der Waals surface area contributed by atoms with Crippen molar-refractivity contribution in [3.8, 4) is 0 Å². The Balaban J connectivity index is 1.49. The number of hydrogen-bond acceptors (Lipinski definition) is 1. The molecule has 0 bridgehead atoms. The van der Waals surface area contributed by atoms with Crippen molar-refractivity contribution in [2.45, 2.75) is 76.2 Å². The summed E-state index contributed by atoms with van der Waals surface area (Å²) < 4.78 is 26.9. The Morgan fingerprint density at radius 1 is 0.964 bits per heavy atom. The third kappa shape index (κ3) is 3.87. The van der Waals surface area contributed by atoms with Crippen LogP contribution in [0, 0.1) is 17.6 Å². The fourth-order valence-electron chi connectivity index (χ4n) is 5.27. The van der Waals surface area contributed by atoms with Gasteiger partial charge in [-0.15, -0.1) is 0 Å². The van der Waals surface area contributed by atoms with E-state index >= 15 is 0 Å². The molecule has 0 aliphatic heterocycles. The molecular formula is C25H30F2O. The van der Waals surface area contributed by atoms with E-state index in [1.807, 2.05) is 0 Å². The molecule has 1 N–H and O–H groups in total. The second-order valence-corrected chi connectivity index (χ2v) is 8.87. The van der Waals surface area contributed by atoms with Gasteiger partial charge in [-0.25, -0.2) is 8.78 Å². The molecule has 28 heavy (non-hydrogen) atoms. The van der Waals surface area contributed by atoms with Gasteiger partial charge in [-0.2, -0.15) is 0 Å². The van der Waals surface area contributed by atoms with Gasteiger partial charge in [0.1, 0.15) is 0 Å². The lowest BCUT2D eigenvalue weighted by Crippen LogP contribution is -2.33. The molecule has 1 unspecified atom stereocenters. The van der Waals surface area contributed by atoms with Crippen molar-refractivity contribution in [1.82, 2.24) is 0 Å². The summed E-state index contributed by atoms with van der Waals surface area (Å²) in [6, 6.07) is 10.5. The van der Waals surface area contributed by atoms with Gasteiger partial charge in [0.05, 0.1) is 5.60 Å². The predicted octanol–water partition coefficient (Wildman–Crippen LogP) is 6.42. The Morgan fingerprint density at radius 3 is 2.46 bits per heavy atom. The monoisotopic (exact) mass is 384 g/mol. The summed E-state index contributed by atoms with van der Waals surface area (Å²) in [6.07, 6.45) is 9.65. The Hall–Kier alpha value is -1.74. The van der Waals surface area contributed by atoms with Gasteiger partial charge in [-0.05, 0) is 84.7 Å². The summed E-state index contributed by atoms with van der Waals surface area (Å²) in [4.78, 5) is 0. The number of aliphatic hydroxyl groups is 1. The number of rotatable bonds is 4. The van der Waals surface area contributed by atoms with Crippen LogP contribution in [-0.2, 0) is 18.4 Å². The van der Waals surface area contributed by atoms with E-state index in [0.29, 0.717) is 24.3 Å². The molecule has 1 fully saturated rings. The number of aryl methyl sites for hydroxylation is 1. The lowest BCUT2D eigenvalue weighted by atomic mass is 9.73. The third-order valence-electron chi connectivity index (χ3n) is 6.99. The normalized spacial score (nSPS) is 27.4. The highest BCUT2D eigenvalue weighted by molar-refractivity contribution is 5.39. The van der Waals surface area contributed by atoms with Gasteiger partial charge in [0.2, 0.25) is 0 Å². The van der Waals surface area contributed by atoms with Crippen LogP contribution in [0.15, 0.2) is 36.4 Å². The SMILES string of the molecule is CCCC1CCC(c2ccc3c(c2)CCC(O)(c2ccc(F)c(F)c2)C3)CC1. The zero-order chi connectivity index (χ0) is 19.7. The first-order valence-electron chi connectivity index (χ1n) is 10.8. The van der Waals surface area contributed by atoms with Crippen LogP contribution in [0.25, 0.3) is 0 Å². The largest absolute Gasteiger partial charge is 0.385 e. The second kappa shape index (κ2) is 7.94. The standard InChI is InChI=1S/C25H30F2O/c1-2-3-17-4-6-18(7-5-17)19-8-9-21-16-25(28,13-12-20(21)14-19)22-10-11-23(26)24(27)15-22/h8-11,14-15,17-18,28H,2-7,12-13,16H2,1H3. The maximum Gasteiger partial charge on any atom is 0.159 e. The van der Waals surface area contributed by atoms with Gasteiger partial charge in [-0.1, -0.05) is 44.0 Å². The Morgan fingerprint density at radius 2 is 1.75 bits per heavy atom. The molecule has 1 atom stereocenters. The molecule has 2 aliphatic carbocycles. The van der Waals surface area contributed by atoms with Crippen LogP contribution in [0.3, 0.4) is 0 Å². The van der Waals surface area contributed by atoms with Gasteiger partial charge in [0.15, 0.2) is 11.6 Å². The first-order chi connectivity index (χ1) is 13.5. The third-order valence-corrected chi connectivity index (χ3v) is 6.99. The van der Waals surface area contributed by atoms with Gasteiger partial charge in [0, 0.05) is 6.42 Å². The molecule has 3 heteroatoms. The van der Waals surface area contributed by atoms with Crippen molar-refractivity contribution in [1.29, 1.82) is 0 Å². The van der Waals surface area contributed by atoms with E-state index in [1.54, 1.807) is 0 Å². The van der Waals surface area contributed by atoms with E-state index in [-0.39, 0.29) is 0 Å². The smallest absolute Gasteiger partial charge is 0.159 e. The fourth-order valence-corrected chi connectivity index (χ4v) is 5.27. The number of benzene rings is 2. The topological polar surface area (TPSA) is 20.2 Å². The van der Waals surface area contributed by atoms with E-state index in [2.05, 4.69) is 25.1 Å². The Kier molecular flexibility index (Phi) is 5.55. The van der Waals surface area contributed by atoms with E-state index in [1.165, 1.54) is 55.7 Å². The molecule has 0 heterocycles. The summed E-state index contributed by atoms with van der Waals surface area (Å²) in [6.45, 7) is 2.27. The van der Waals surface area contributed by atoms with Crippen LogP contribution >= 0.6 is 0 Å². The van der Waals surface area contributed by atoms with Crippen LogP contribution in [0.1, 0.15) is 80.0 Å². The zero-order valence-corrected chi connectivity index (χ0v) is 16.7. The Bertz CT molecular complexity index is 838. The number of hydrogen-bond donors (Lipinski definition) is 1. The highest BCUT2D eigenvalue weighted by Gasteiger charge is 2.35. The maximum absolute atomic E-state index is 13.6. The first kappa shape index (κ1) is 19.6. The van der Waals surface area contributed by atoms with Crippen LogP contribution in [-0.4, -0.2) is 5.11 Å². The molecule has 1 nitrogen and oxygen atoms in total. The molecule has 4 rings (SSSR count). The van der Waals surface area contributed by atoms with Crippen LogP contribution in [0.2, 0.25) is 0 Å². The first-order valence-corrected chi connectivity index (χ1v) is 10.8.